The van der Waals surface area contributed by atoms with E-state index < -0.39 is 12.7 Å². The average molecular weight is 207 g/mol. The van der Waals surface area contributed by atoms with Gasteiger partial charge in [-0.2, -0.15) is 8.78 Å². The van der Waals surface area contributed by atoms with Crippen molar-refractivity contribution in [3.63, 3.8) is 0 Å². The van der Waals surface area contributed by atoms with Crippen LogP contribution in [-0.2, 0) is 0 Å². The summed E-state index contributed by atoms with van der Waals surface area (Å²) in [7, 11) is 0. The number of rotatable bonds is 0. The summed E-state index contributed by atoms with van der Waals surface area (Å²) in [6.07, 6.45) is -3.27. The fourth-order valence-corrected chi connectivity index (χ4v) is 1.20. The van der Waals surface area contributed by atoms with Crippen LogP contribution >= 0.6 is 11.6 Å². The predicted octanol–water partition coefficient (Wildman–Crippen LogP) is 2.70. The van der Waals surface area contributed by atoms with E-state index in [1.165, 1.54) is 12.1 Å². The molecule has 0 unspecified atom stereocenters. The zero-order valence-corrected chi connectivity index (χ0v) is 7.15. The number of hydrogen-bond acceptors (Lipinski definition) is 2. The molecule has 0 N–H and O–H groups in total. The van der Waals surface area contributed by atoms with Gasteiger partial charge in [-0.15, -0.1) is 0 Å². The molecule has 5 heteroatoms. The maximum Gasteiger partial charge on any atom is 0.433 e. The van der Waals surface area contributed by atoms with Crippen LogP contribution in [0.4, 0.5) is 8.78 Å². The lowest BCUT2D eigenvalue weighted by molar-refractivity contribution is -0.208. The first-order valence-electron chi connectivity index (χ1n) is 3.56. The molecule has 0 atom stereocenters. The van der Waals surface area contributed by atoms with Crippen molar-refractivity contribution in [2.75, 3.05) is 6.61 Å². The zero-order chi connectivity index (χ0) is 9.47. The van der Waals surface area contributed by atoms with E-state index in [1.54, 1.807) is 6.07 Å². The molecule has 1 aliphatic rings. The molecule has 0 radical (unpaired) electrons. The van der Waals surface area contributed by atoms with Crippen molar-refractivity contribution >= 4 is 11.6 Å². The highest BCUT2D eigenvalue weighted by Crippen LogP contribution is 2.37. The Bertz CT molecular complexity index is 341. The Morgan fingerprint density at radius 1 is 1.31 bits per heavy atom. The molecule has 0 saturated heterocycles. The minimum absolute atomic E-state index is 0.0243. The molecule has 0 spiro atoms. The molecular weight excluding hydrogens is 202 g/mol. The topological polar surface area (TPSA) is 18.5 Å². The summed E-state index contributed by atoms with van der Waals surface area (Å²) >= 11 is 5.59. The lowest BCUT2D eigenvalue weighted by Gasteiger charge is -2.25. The maximum absolute atomic E-state index is 12.6. The van der Waals surface area contributed by atoms with Gasteiger partial charge < -0.3 is 9.47 Å². The van der Waals surface area contributed by atoms with Gasteiger partial charge in [0.2, 0.25) is 0 Å². The van der Waals surface area contributed by atoms with Crippen molar-refractivity contribution in [2.45, 2.75) is 6.11 Å². The third kappa shape index (κ3) is 1.67. The van der Waals surface area contributed by atoms with Crippen LogP contribution < -0.4 is 9.47 Å². The highest BCUT2D eigenvalue weighted by Gasteiger charge is 2.37. The van der Waals surface area contributed by atoms with Gasteiger partial charge in [-0.25, -0.2) is 0 Å². The molecule has 70 valence electrons. The van der Waals surface area contributed by atoms with E-state index >= 15 is 0 Å². The van der Waals surface area contributed by atoms with E-state index in [2.05, 4.69) is 4.74 Å². The van der Waals surface area contributed by atoms with Crippen molar-refractivity contribution in [1.82, 2.24) is 0 Å². The van der Waals surface area contributed by atoms with Crippen LogP contribution in [0.25, 0.3) is 0 Å². The van der Waals surface area contributed by atoms with E-state index in [9.17, 15) is 8.78 Å². The van der Waals surface area contributed by atoms with Gasteiger partial charge in [-0.3, -0.25) is 0 Å². The predicted molar refractivity (Wildman–Crippen MR) is 42.5 cm³/mol. The van der Waals surface area contributed by atoms with Crippen molar-refractivity contribution in [1.29, 1.82) is 0 Å². The summed E-state index contributed by atoms with van der Waals surface area (Å²) in [5.74, 6) is 0.263. The smallest absolute Gasteiger partial charge is 0.433 e. The largest absolute Gasteiger partial charge is 0.479 e. The molecule has 2 nitrogen and oxygen atoms in total. The Hall–Kier alpha value is -1.03. The Balaban J connectivity index is 2.38. The van der Waals surface area contributed by atoms with E-state index in [4.69, 9.17) is 16.3 Å². The minimum Gasteiger partial charge on any atom is -0.479 e. The van der Waals surface area contributed by atoms with Crippen molar-refractivity contribution in [3.05, 3.63) is 23.2 Å². The number of benzene rings is 1. The number of hydrogen-bond donors (Lipinski definition) is 0. The Kier molecular flexibility index (Phi) is 1.80. The van der Waals surface area contributed by atoms with Crippen LogP contribution in [0.15, 0.2) is 18.2 Å². The third-order valence-electron chi connectivity index (χ3n) is 1.56. The lowest BCUT2D eigenvalue weighted by atomic mass is 10.3. The van der Waals surface area contributed by atoms with Crippen molar-refractivity contribution < 1.29 is 18.3 Å². The molecule has 0 bridgehead atoms. The minimum atomic E-state index is -3.27. The van der Waals surface area contributed by atoms with E-state index in [1.807, 2.05) is 0 Å². The fourth-order valence-electron chi connectivity index (χ4n) is 1.03. The van der Waals surface area contributed by atoms with Gasteiger partial charge in [0.25, 0.3) is 0 Å². The Labute approximate surface area is 78.0 Å². The van der Waals surface area contributed by atoms with Crippen molar-refractivity contribution in [3.8, 4) is 11.5 Å². The summed E-state index contributed by atoms with van der Waals surface area (Å²) in [4.78, 5) is 0. The van der Waals surface area contributed by atoms with Crippen LogP contribution in [0.5, 0.6) is 11.5 Å². The molecule has 0 aromatic heterocycles. The van der Waals surface area contributed by atoms with Crippen LogP contribution in [-0.4, -0.2) is 12.7 Å². The van der Waals surface area contributed by atoms with Crippen LogP contribution in [0, 0.1) is 0 Å². The molecule has 1 heterocycles. The summed E-state index contributed by atoms with van der Waals surface area (Å²) in [5, 5.41) is 0.333. The highest BCUT2D eigenvalue weighted by atomic mass is 35.5. The second-order valence-electron chi connectivity index (χ2n) is 2.62. The molecule has 0 amide bonds. The second-order valence-corrected chi connectivity index (χ2v) is 3.06. The monoisotopic (exact) mass is 206 g/mol. The van der Waals surface area contributed by atoms with Gasteiger partial charge in [0.1, 0.15) is 0 Å². The quantitative estimate of drug-likeness (QED) is 0.650. The molecular formula is C8H5ClF2O2. The number of ether oxygens (including phenoxy) is 2. The molecule has 0 fully saturated rings. The first kappa shape index (κ1) is 8.56. The van der Waals surface area contributed by atoms with E-state index in [-0.39, 0.29) is 11.5 Å². The fraction of sp³-hybridized carbons (Fsp3) is 0.250. The second kappa shape index (κ2) is 2.73. The maximum atomic E-state index is 12.6. The van der Waals surface area contributed by atoms with Gasteiger partial charge in [0.15, 0.2) is 18.1 Å². The summed E-state index contributed by atoms with van der Waals surface area (Å²) in [6, 6.07) is 4.34. The van der Waals surface area contributed by atoms with Crippen LogP contribution in [0.1, 0.15) is 0 Å². The SMILES string of the molecule is FC1(F)COc2ccc(Cl)cc2O1. The summed E-state index contributed by atoms with van der Waals surface area (Å²) in [5.41, 5.74) is 0. The molecule has 1 aliphatic heterocycles. The Morgan fingerprint density at radius 2 is 2.08 bits per heavy atom. The summed E-state index contributed by atoms with van der Waals surface area (Å²) < 4.78 is 34.4. The molecule has 13 heavy (non-hydrogen) atoms. The van der Waals surface area contributed by atoms with Crippen LogP contribution in [0.3, 0.4) is 0 Å². The molecule has 1 aromatic rings. The third-order valence-corrected chi connectivity index (χ3v) is 1.80. The van der Waals surface area contributed by atoms with Crippen LogP contribution in [0.2, 0.25) is 5.02 Å². The molecule has 1 aromatic carbocycles. The number of halogens is 3. The molecule has 0 saturated carbocycles. The summed E-state index contributed by atoms with van der Waals surface area (Å²) in [6.45, 7) is -0.762. The van der Waals surface area contributed by atoms with E-state index in [0.717, 1.165) is 0 Å². The van der Waals surface area contributed by atoms with Gasteiger partial charge in [0, 0.05) is 11.1 Å². The number of alkyl halides is 2. The standard InChI is InChI=1S/C8H5ClF2O2/c9-5-1-2-6-7(3-5)13-8(10,11)4-12-6/h1-3H,4H2. The number of fused-ring (bicyclic) bond motifs is 1. The van der Waals surface area contributed by atoms with Gasteiger partial charge in [-0.1, -0.05) is 11.6 Å². The van der Waals surface area contributed by atoms with E-state index in [0.29, 0.717) is 5.02 Å². The average Bonchev–Trinajstić information content (AvgIpc) is 2.01. The zero-order valence-electron chi connectivity index (χ0n) is 6.39. The van der Waals surface area contributed by atoms with Crippen molar-refractivity contribution in [2.24, 2.45) is 0 Å². The first-order valence-corrected chi connectivity index (χ1v) is 3.94. The lowest BCUT2D eigenvalue weighted by Crippen LogP contribution is -2.35. The molecule has 2 rings (SSSR count). The highest BCUT2D eigenvalue weighted by molar-refractivity contribution is 6.30. The molecule has 0 aliphatic carbocycles. The normalized spacial score (nSPS) is 18.4. The van der Waals surface area contributed by atoms with Gasteiger partial charge in [-0.05, 0) is 12.1 Å². The van der Waals surface area contributed by atoms with Gasteiger partial charge >= 0.3 is 6.11 Å². The first-order chi connectivity index (χ1) is 6.07. The Morgan fingerprint density at radius 3 is 2.85 bits per heavy atom. The van der Waals surface area contributed by atoms with Gasteiger partial charge in [0.05, 0.1) is 0 Å².